The molecule has 0 aromatic heterocycles. The van der Waals surface area contributed by atoms with E-state index in [1.54, 1.807) is 0 Å². The van der Waals surface area contributed by atoms with E-state index >= 15 is 0 Å². The van der Waals surface area contributed by atoms with Crippen molar-refractivity contribution in [2.45, 2.75) is 51.9 Å². The van der Waals surface area contributed by atoms with E-state index in [1.165, 1.54) is 13.1 Å². The van der Waals surface area contributed by atoms with Gasteiger partial charge in [0, 0.05) is 37.3 Å². The number of likely N-dealkylation sites (N-methyl/N-ethyl adjacent to an activating group) is 2. The molecule has 0 aromatic rings. The molecular weight excluding hydrogens is 186 g/mol. The van der Waals surface area contributed by atoms with Gasteiger partial charge in [-0.25, -0.2) is 0 Å². The number of rotatable bonds is 3. The Morgan fingerprint density at radius 2 is 1.60 bits per heavy atom. The van der Waals surface area contributed by atoms with Crippen LogP contribution in [0.15, 0.2) is 0 Å². The molecule has 15 heavy (non-hydrogen) atoms. The minimum absolute atomic E-state index is 0.563. The zero-order chi connectivity index (χ0) is 11.6. The predicted octanol–water partition coefficient (Wildman–Crippen LogP) is 1.01. The average molecular weight is 213 g/mol. The maximum atomic E-state index is 3.35. The Hall–Kier alpha value is -0.120. The van der Waals surface area contributed by atoms with Crippen molar-refractivity contribution in [3.05, 3.63) is 0 Å². The molecular formula is C12H27N3. The van der Waals surface area contributed by atoms with Gasteiger partial charge in [-0.1, -0.05) is 0 Å². The van der Waals surface area contributed by atoms with Gasteiger partial charge in [0.15, 0.2) is 0 Å². The molecule has 1 rings (SSSR count). The van der Waals surface area contributed by atoms with Crippen LogP contribution in [0, 0.1) is 0 Å². The fraction of sp³-hybridized carbons (Fsp3) is 1.00. The largest absolute Gasteiger partial charge is 0.316 e. The summed E-state index contributed by atoms with van der Waals surface area (Å²) in [6.07, 6.45) is 0. The second-order valence-corrected chi connectivity index (χ2v) is 5.14. The molecule has 4 unspecified atom stereocenters. The molecule has 1 fully saturated rings. The van der Waals surface area contributed by atoms with E-state index in [0.29, 0.717) is 24.2 Å². The fourth-order valence-electron chi connectivity index (χ4n) is 2.34. The Kier molecular flexibility index (Phi) is 4.56. The number of hydrogen-bond donors (Lipinski definition) is 1. The molecule has 0 aromatic carbocycles. The summed E-state index contributed by atoms with van der Waals surface area (Å²) in [5.41, 5.74) is 0. The maximum Gasteiger partial charge on any atom is 0.0219 e. The molecule has 1 aliphatic heterocycles. The van der Waals surface area contributed by atoms with Crippen molar-refractivity contribution in [1.82, 2.24) is 15.1 Å². The van der Waals surface area contributed by atoms with Crippen LogP contribution >= 0.6 is 0 Å². The van der Waals surface area contributed by atoms with Crippen LogP contribution in [0.1, 0.15) is 27.7 Å². The summed E-state index contributed by atoms with van der Waals surface area (Å²) in [5, 5.41) is 3.35. The zero-order valence-corrected chi connectivity index (χ0v) is 11.1. The van der Waals surface area contributed by atoms with Crippen molar-refractivity contribution < 1.29 is 0 Å². The van der Waals surface area contributed by atoms with Crippen LogP contribution in [0.3, 0.4) is 0 Å². The van der Waals surface area contributed by atoms with Crippen molar-refractivity contribution >= 4 is 0 Å². The van der Waals surface area contributed by atoms with Crippen LogP contribution in [-0.2, 0) is 0 Å². The van der Waals surface area contributed by atoms with E-state index in [2.05, 4.69) is 49.9 Å². The van der Waals surface area contributed by atoms with Crippen molar-refractivity contribution in [2.24, 2.45) is 0 Å². The molecule has 4 atom stereocenters. The first-order valence-electron chi connectivity index (χ1n) is 6.10. The van der Waals surface area contributed by atoms with Crippen LogP contribution in [0.25, 0.3) is 0 Å². The van der Waals surface area contributed by atoms with Gasteiger partial charge in [-0.2, -0.15) is 0 Å². The van der Waals surface area contributed by atoms with Crippen LogP contribution < -0.4 is 5.32 Å². The first-order valence-corrected chi connectivity index (χ1v) is 6.10. The standard InChI is InChI=1S/C12H27N3/c1-9-7-15(8-10(2)14(9)6)12(4)11(3)13-5/h9-13H,7-8H2,1-6H3. The predicted molar refractivity (Wildman–Crippen MR) is 66.2 cm³/mol. The monoisotopic (exact) mass is 213 g/mol. The van der Waals surface area contributed by atoms with E-state index in [9.17, 15) is 0 Å². The molecule has 0 radical (unpaired) electrons. The molecule has 0 saturated carbocycles. The van der Waals surface area contributed by atoms with E-state index in [1.807, 2.05) is 7.05 Å². The van der Waals surface area contributed by atoms with Gasteiger partial charge in [-0.3, -0.25) is 9.80 Å². The first-order chi connectivity index (χ1) is 6.97. The van der Waals surface area contributed by atoms with Gasteiger partial charge >= 0.3 is 0 Å². The Labute approximate surface area is 94.8 Å². The van der Waals surface area contributed by atoms with Crippen molar-refractivity contribution in [3.63, 3.8) is 0 Å². The van der Waals surface area contributed by atoms with Crippen molar-refractivity contribution in [3.8, 4) is 0 Å². The second-order valence-electron chi connectivity index (χ2n) is 5.14. The van der Waals surface area contributed by atoms with E-state index in [-0.39, 0.29) is 0 Å². The number of nitrogens with zero attached hydrogens (tertiary/aromatic N) is 2. The molecule has 1 heterocycles. The lowest BCUT2D eigenvalue weighted by atomic mass is 10.0. The quantitative estimate of drug-likeness (QED) is 0.755. The van der Waals surface area contributed by atoms with Crippen molar-refractivity contribution in [1.29, 1.82) is 0 Å². The Balaban J connectivity index is 2.57. The summed E-state index contributed by atoms with van der Waals surface area (Å²) in [5.74, 6) is 0. The van der Waals surface area contributed by atoms with Crippen molar-refractivity contribution in [2.75, 3.05) is 27.2 Å². The van der Waals surface area contributed by atoms with E-state index in [0.717, 1.165) is 0 Å². The Morgan fingerprint density at radius 3 is 2.00 bits per heavy atom. The van der Waals surface area contributed by atoms with Gasteiger partial charge in [-0.15, -0.1) is 0 Å². The highest BCUT2D eigenvalue weighted by Gasteiger charge is 2.30. The van der Waals surface area contributed by atoms with Crippen LogP contribution in [0.5, 0.6) is 0 Å². The van der Waals surface area contributed by atoms with Gasteiger partial charge in [0.1, 0.15) is 0 Å². The van der Waals surface area contributed by atoms with Crippen LogP contribution in [0.4, 0.5) is 0 Å². The highest BCUT2D eigenvalue weighted by atomic mass is 15.3. The van der Waals surface area contributed by atoms with Crippen LogP contribution in [-0.4, -0.2) is 61.2 Å². The number of hydrogen-bond acceptors (Lipinski definition) is 3. The average Bonchev–Trinajstić information content (AvgIpc) is 2.23. The first kappa shape index (κ1) is 12.9. The molecule has 1 N–H and O–H groups in total. The van der Waals surface area contributed by atoms with Gasteiger partial charge in [0.2, 0.25) is 0 Å². The molecule has 0 bridgehead atoms. The molecule has 0 amide bonds. The lowest BCUT2D eigenvalue weighted by Gasteiger charge is -2.46. The molecule has 0 aliphatic carbocycles. The molecule has 1 aliphatic rings. The van der Waals surface area contributed by atoms with E-state index < -0.39 is 0 Å². The molecule has 1 saturated heterocycles. The van der Waals surface area contributed by atoms with Gasteiger partial charge < -0.3 is 5.32 Å². The third-order valence-electron chi connectivity index (χ3n) is 4.14. The summed E-state index contributed by atoms with van der Waals surface area (Å²) in [7, 11) is 4.28. The lowest BCUT2D eigenvalue weighted by Crippen LogP contribution is -2.59. The summed E-state index contributed by atoms with van der Waals surface area (Å²) in [6, 6.07) is 2.52. The van der Waals surface area contributed by atoms with Gasteiger partial charge in [0.25, 0.3) is 0 Å². The highest BCUT2D eigenvalue weighted by Crippen LogP contribution is 2.16. The van der Waals surface area contributed by atoms with Crippen LogP contribution in [0.2, 0.25) is 0 Å². The molecule has 3 nitrogen and oxygen atoms in total. The fourth-order valence-corrected chi connectivity index (χ4v) is 2.34. The summed E-state index contributed by atoms with van der Waals surface area (Å²) < 4.78 is 0. The smallest absolute Gasteiger partial charge is 0.0219 e. The maximum absolute atomic E-state index is 3.35. The minimum atomic E-state index is 0.563. The summed E-state index contributed by atoms with van der Waals surface area (Å²) >= 11 is 0. The zero-order valence-electron chi connectivity index (χ0n) is 11.1. The third-order valence-corrected chi connectivity index (χ3v) is 4.14. The molecule has 90 valence electrons. The highest BCUT2D eigenvalue weighted by molar-refractivity contribution is 4.87. The Morgan fingerprint density at radius 1 is 1.13 bits per heavy atom. The lowest BCUT2D eigenvalue weighted by molar-refractivity contribution is 0.0303. The minimum Gasteiger partial charge on any atom is -0.316 e. The second kappa shape index (κ2) is 5.28. The number of nitrogens with one attached hydrogen (secondary N) is 1. The Bertz CT molecular complexity index is 183. The summed E-state index contributed by atoms with van der Waals surface area (Å²) in [6.45, 7) is 11.6. The normalized spacial score (nSPS) is 34.0. The third kappa shape index (κ3) is 2.92. The van der Waals surface area contributed by atoms with E-state index in [4.69, 9.17) is 0 Å². The van der Waals surface area contributed by atoms with Gasteiger partial charge in [0.05, 0.1) is 0 Å². The SMILES string of the molecule is CNC(C)C(C)N1CC(C)N(C)C(C)C1. The topological polar surface area (TPSA) is 18.5 Å². The summed E-state index contributed by atoms with van der Waals surface area (Å²) in [4.78, 5) is 5.09. The molecule has 0 spiro atoms. The number of piperazine rings is 1. The molecule has 3 heteroatoms. The van der Waals surface area contributed by atoms with Gasteiger partial charge in [-0.05, 0) is 41.8 Å².